The van der Waals surface area contributed by atoms with Crippen molar-refractivity contribution in [2.24, 2.45) is 0 Å². The molecule has 6 heteroatoms. The average Bonchev–Trinajstić information content (AvgIpc) is 2.91. The van der Waals surface area contributed by atoms with Gasteiger partial charge in [0, 0.05) is 31.7 Å². The van der Waals surface area contributed by atoms with Gasteiger partial charge in [0.05, 0.1) is 6.61 Å². The molecule has 0 radical (unpaired) electrons. The van der Waals surface area contributed by atoms with Crippen LogP contribution >= 0.6 is 0 Å². The smallest absolute Gasteiger partial charge is 0.319 e. The first-order valence-electron chi connectivity index (χ1n) is 7.74. The summed E-state index contributed by atoms with van der Waals surface area (Å²) in [5.74, 6) is 1.00. The second kappa shape index (κ2) is 8.26. The van der Waals surface area contributed by atoms with Gasteiger partial charge in [-0.05, 0) is 44.0 Å². The number of ether oxygens (including phenoxy) is 1. The maximum Gasteiger partial charge on any atom is 0.319 e. The summed E-state index contributed by atoms with van der Waals surface area (Å²) < 4.78 is 5.34. The van der Waals surface area contributed by atoms with Gasteiger partial charge in [-0.2, -0.15) is 0 Å². The predicted molar refractivity (Wildman–Crippen MR) is 85.1 cm³/mol. The van der Waals surface area contributed by atoms with Gasteiger partial charge in [0.2, 0.25) is 5.91 Å². The lowest BCUT2D eigenvalue weighted by atomic mass is 10.3. The lowest BCUT2D eigenvalue weighted by molar-refractivity contribution is -0.127. The number of amides is 3. The molecule has 1 aromatic carbocycles. The number of urea groups is 1. The lowest BCUT2D eigenvalue weighted by Crippen LogP contribution is -2.32. The van der Waals surface area contributed by atoms with E-state index in [1.165, 1.54) is 0 Å². The Kier molecular flexibility index (Phi) is 6.06. The van der Waals surface area contributed by atoms with E-state index in [-0.39, 0.29) is 11.9 Å². The summed E-state index contributed by atoms with van der Waals surface area (Å²) in [5, 5.41) is 5.55. The van der Waals surface area contributed by atoms with Crippen molar-refractivity contribution in [3.63, 3.8) is 0 Å². The second-order valence-corrected chi connectivity index (χ2v) is 5.18. The quantitative estimate of drug-likeness (QED) is 0.759. The Morgan fingerprint density at radius 1 is 1.32 bits per heavy atom. The molecule has 3 amide bonds. The van der Waals surface area contributed by atoms with Crippen molar-refractivity contribution in [2.75, 3.05) is 31.6 Å². The molecular formula is C16H23N3O3. The van der Waals surface area contributed by atoms with Gasteiger partial charge in [-0.1, -0.05) is 0 Å². The SMILES string of the molecule is CCOc1ccc(NC(=O)NCCCN2CCCC2=O)cc1. The average molecular weight is 305 g/mol. The highest BCUT2D eigenvalue weighted by molar-refractivity contribution is 5.89. The predicted octanol–water partition coefficient (Wildman–Crippen LogP) is 2.22. The van der Waals surface area contributed by atoms with Gasteiger partial charge in [0.1, 0.15) is 5.75 Å². The first-order valence-corrected chi connectivity index (χ1v) is 7.74. The molecule has 1 aliphatic rings. The number of nitrogens with one attached hydrogen (secondary N) is 2. The molecule has 1 aromatic rings. The molecular weight excluding hydrogens is 282 g/mol. The van der Waals surface area contributed by atoms with Gasteiger partial charge in [-0.15, -0.1) is 0 Å². The van der Waals surface area contributed by atoms with Crippen LogP contribution in [0.5, 0.6) is 5.75 Å². The zero-order valence-electron chi connectivity index (χ0n) is 12.9. The first-order chi connectivity index (χ1) is 10.7. The van der Waals surface area contributed by atoms with Crippen LogP contribution in [0.25, 0.3) is 0 Å². The molecule has 1 aliphatic heterocycles. The molecule has 0 bridgehead atoms. The van der Waals surface area contributed by atoms with Crippen molar-refractivity contribution in [3.8, 4) is 5.75 Å². The summed E-state index contributed by atoms with van der Waals surface area (Å²) in [5.41, 5.74) is 0.718. The van der Waals surface area contributed by atoms with E-state index in [9.17, 15) is 9.59 Å². The van der Waals surface area contributed by atoms with Gasteiger partial charge in [0.25, 0.3) is 0 Å². The fraction of sp³-hybridized carbons (Fsp3) is 0.500. The Labute approximate surface area is 130 Å². The van der Waals surface area contributed by atoms with Crippen LogP contribution in [0.4, 0.5) is 10.5 Å². The van der Waals surface area contributed by atoms with Crippen molar-refractivity contribution in [2.45, 2.75) is 26.2 Å². The number of nitrogens with zero attached hydrogens (tertiary/aromatic N) is 1. The van der Waals surface area contributed by atoms with E-state index < -0.39 is 0 Å². The number of anilines is 1. The standard InChI is InChI=1S/C16H23N3O3/c1-2-22-14-8-6-13(7-9-14)18-16(21)17-10-4-12-19-11-3-5-15(19)20/h6-9H,2-5,10-12H2,1H3,(H2,17,18,21). The van der Waals surface area contributed by atoms with E-state index in [2.05, 4.69) is 10.6 Å². The highest BCUT2D eigenvalue weighted by atomic mass is 16.5. The molecule has 0 spiro atoms. The largest absolute Gasteiger partial charge is 0.494 e. The van der Waals surface area contributed by atoms with Crippen LogP contribution in [0.15, 0.2) is 24.3 Å². The molecule has 22 heavy (non-hydrogen) atoms. The number of hydrogen-bond acceptors (Lipinski definition) is 3. The molecule has 1 heterocycles. The van der Waals surface area contributed by atoms with E-state index >= 15 is 0 Å². The monoisotopic (exact) mass is 305 g/mol. The van der Waals surface area contributed by atoms with Gasteiger partial charge < -0.3 is 20.3 Å². The number of hydrogen-bond donors (Lipinski definition) is 2. The molecule has 0 unspecified atom stereocenters. The number of carbonyl (C=O) groups excluding carboxylic acids is 2. The minimum atomic E-state index is -0.239. The molecule has 0 saturated carbocycles. The molecule has 0 aliphatic carbocycles. The summed E-state index contributed by atoms with van der Waals surface area (Å²) in [6, 6.07) is 6.99. The van der Waals surface area contributed by atoms with Crippen molar-refractivity contribution in [1.82, 2.24) is 10.2 Å². The normalized spacial score (nSPS) is 14.0. The highest BCUT2D eigenvalue weighted by Gasteiger charge is 2.18. The Morgan fingerprint density at radius 2 is 2.09 bits per heavy atom. The topological polar surface area (TPSA) is 70.7 Å². The minimum Gasteiger partial charge on any atom is -0.494 e. The van der Waals surface area contributed by atoms with Crippen molar-refractivity contribution < 1.29 is 14.3 Å². The molecule has 2 N–H and O–H groups in total. The van der Waals surface area contributed by atoms with Crippen LogP contribution in [0, 0.1) is 0 Å². The van der Waals surface area contributed by atoms with Crippen LogP contribution in [-0.2, 0) is 4.79 Å². The third-order valence-electron chi connectivity index (χ3n) is 3.48. The Morgan fingerprint density at radius 3 is 2.73 bits per heavy atom. The molecule has 1 fully saturated rings. The summed E-state index contributed by atoms with van der Waals surface area (Å²) >= 11 is 0. The Balaban J connectivity index is 1.63. The molecule has 6 nitrogen and oxygen atoms in total. The van der Waals surface area contributed by atoms with Gasteiger partial charge in [-0.3, -0.25) is 4.79 Å². The summed E-state index contributed by atoms with van der Waals surface area (Å²) in [4.78, 5) is 25.0. The van der Waals surface area contributed by atoms with E-state index in [1.807, 2.05) is 24.0 Å². The van der Waals surface area contributed by atoms with E-state index in [4.69, 9.17) is 4.74 Å². The maximum atomic E-state index is 11.7. The molecule has 120 valence electrons. The number of likely N-dealkylation sites (tertiary alicyclic amines) is 1. The van der Waals surface area contributed by atoms with Gasteiger partial charge >= 0.3 is 6.03 Å². The van der Waals surface area contributed by atoms with Crippen molar-refractivity contribution in [3.05, 3.63) is 24.3 Å². The maximum absolute atomic E-state index is 11.7. The van der Waals surface area contributed by atoms with Crippen LogP contribution in [0.1, 0.15) is 26.2 Å². The Hall–Kier alpha value is -2.24. The summed E-state index contributed by atoms with van der Waals surface area (Å²) in [6.07, 6.45) is 2.37. The highest BCUT2D eigenvalue weighted by Crippen LogP contribution is 2.15. The van der Waals surface area contributed by atoms with E-state index in [0.29, 0.717) is 26.1 Å². The number of benzene rings is 1. The van der Waals surface area contributed by atoms with Gasteiger partial charge in [-0.25, -0.2) is 4.79 Å². The Bertz CT molecular complexity index is 502. The fourth-order valence-corrected chi connectivity index (χ4v) is 2.39. The molecule has 1 saturated heterocycles. The number of rotatable bonds is 7. The zero-order valence-corrected chi connectivity index (χ0v) is 12.9. The van der Waals surface area contributed by atoms with Crippen LogP contribution in [0.3, 0.4) is 0 Å². The van der Waals surface area contributed by atoms with E-state index in [1.54, 1.807) is 12.1 Å². The van der Waals surface area contributed by atoms with Gasteiger partial charge in [0.15, 0.2) is 0 Å². The summed E-state index contributed by atoms with van der Waals surface area (Å²) in [7, 11) is 0. The third kappa shape index (κ3) is 4.95. The number of carbonyl (C=O) groups is 2. The second-order valence-electron chi connectivity index (χ2n) is 5.18. The van der Waals surface area contributed by atoms with Crippen LogP contribution in [-0.4, -0.2) is 43.1 Å². The molecule has 0 aromatic heterocycles. The van der Waals surface area contributed by atoms with E-state index in [0.717, 1.165) is 30.8 Å². The lowest BCUT2D eigenvalue weighted by Gasteiger charge is -2.15. The van der Waals surface area contributed by atoms with Crippen LogP contribution in [0.2, 0.25) is 0 Å². The zero-order chi connectivity index (χ0) is 15.8. The third-order valence-corrected chi connectivity index (χ3v) is 3.48. The first kappa shape index (κ1) is 16.1. The van der Waals surface area contributed by atoms with Crippen molar-refractivity contribution in [1.29, 1.82) is 0 Å². The molecule has 0 atom stereocenters. The summed E-state index contributed by atoms with van der Waals surface area (Å²) in [6.45, 7) is 4.65. The van der Waals surface area contributed by atoms with Crippen molar-refractivity contribution >= 4 is 17.6 Å². The minimum absolute atomic E-state index is 0.221. The van der Waals surface area contributed by atoms with Crippen LogP contribution < -0.4 is 15.4 Å². The fourth-order valence-electron chi connectivity index (χ4n) is 2.39. The molecule has 2 rings (SSSR count).